The number of rotatable bonds is 2. The molecule has 0 spiro atoms. The number of para-hydroxylation sites is 2. The molecule has 0 amide bonds. The van der Waals surface area contributed by atoms with Crippen LogP contribution in [0.3, 0.4) is 0 Å². The summed E-state index contributed by atoms with van der Waals surface area (Å²) in [5.74, 6) is 1.09. The van der Waals surface area contributed by atoms with Gasteiger partial charge in [0.1, 0.15) is 11.5 Å². The first kappa shape index (κ1) is 13.6. The van der Waals surface area contributed by atoms with Crippen LogP contribution in [0.1, 0.15) is 27.6 Å². The van der Waals surface area contributed by atoms with Gasteiger partial charge in [-0.05, 0) is 24.3 Å². The zero-order valence-electron chi connectivity index (χ0n) is 12.3. The number of hydrogen-bond donors (Lipinski definition) is 0. The minimum absolute atomic E-state index is 0.345. The lowest BCUT2D eigenvalue weighted by Crippen LogP contribution is -2.17. The van der Waals surface area contributed by atoms with Gasteiger partial charge in [0.15, 0.2) is 6.10 Å². The molecule has 0 saturated carbocycles. The van der Waals surface area contributed by atoms with Crippen molar-refractivity contribution >= 4 is 5.97 Å². The molecule has 0 saturated heterocycles. The van der Waals surface area contributed by atoms with E-state index in [0.717, 1.165) is 22.6 Å². The van der Waals surface area contributed by atoms with Gasteiger partial charge in [0.25, 0.3) is 0 Å². The maximum atomic E-state index is 12.5. The van der Waals surface area contributed by atoms with E-state index in [4.69, 9.17) is 9.47 Å². The molecule has 3 nitrogen and oxygen atoms in total. The molecular weight excluding hydrogens is 288 g/mol. The number of ether oxygens (including phenoxy) is 2. The van der Waals surface area contributed by atoms with Gasteiger partial charge in [-0.15, -0.1) is 0 Å². The summed E-state index contributed by atoms with van der Waals surface area (Å²) >= 11 is 0. The van der Waals surface area contributed by atoms with Crippen LogP contribution < -0.4 is 4.74 Å². The van der Waals surface area contributed by atoms with E-state index in [2.05, 4.69) is 0 Å². The summed E-state index contributed by atoms with van der Waals surface area (Å²) in [5.41, 5.74) is 2.25. The van der Waals surface area contributed by atoms with Crippen molar-refractivity contribution in [2.24, 2.45) is 0 Å². The summed E-state index contributed by atoms with van der Waals surface area (Å²) in [6, 6.07) is 24.3. The zero-order chi connectivity index (χ0) is 15.6. The Hall–Kier alpha value is -3.07. The molecule has 0 N–H and O–H groups in total. The van der Waals surface area contributed by atoms with E-state index in [1.807, 2.05) is 66.7 Å². The Kier molecular flexibility index (Phi) is 3.31. The van der Waals surface area contributed by atoms with Crippen LogP contribution in [-0.4, -0.2) is 5.97 Å². The van der Waals surface area contributed by atoms with E-state index in [1.165, 1.54) is 0 Å². The van der Waals surface area contributed by atoms with Crippen LogP contribution in [0.15, 0.2) is 78.9 Å². The Morgan fingerprint density at radius 3 is 1.87 bits per heavy atom. The fourth-order valence-electron chi connectivity index (χ4n) is 2.74. The first-order valence-corrected chi connectivity index (χ1v) is 7.44. The standard InChI is InChI=1S/C20H14O3/c21-20(14-8-2-1-3-9-14)23-19-15-10-4-6-12-17(15)22-18-13-7-5-11-16(18)19/h1-13,19H. The highest BCUT2D eigenvalue weighted by Gasteiger charge is 2.30. The van der Waals surface area contributed by atoms with Crippen molar-refractivity contribution in [3.8, 4) is 11.5 Å². The van der Waals surface area contributed by atoms with Crippen LogP contribution in [0.25, 0.3) is 0 Å². The SMILES string of the molecule is O=C(OC1c2ccccc2Oc2ccccc21)c1ccccc1. The third-order valence-electron chi connectivity index (χ3n) is 3.86. The number of esters is 1. The van der Waals surface area contributed by atoms with Gasteiger partial charge in [0.05, 0.1) is 5.56 Å². The van der Waals surface area contributed by atoms with E-state index in [1.54, 1.807) is 12.1 Å². The fraction of sp³-hybridized carbons (Fsp3) is 0.0500. The van der Waals surface area contributed by atoms with Crippen molar-refractivity contribution in [3.63, 3.8) is 0 Å². The molecule has 112 valence electrons. The molecule has 0 radical (unpaired) electrons. The van der Waals surface area contributed by atoms with Crippen molar-refractivity contribution in [2.45, 2.75) is 6.10 Å². The molecule has 0 aromatic heterocycles. The second kappa shape index (κ2) is 5.61. The van der Waals surface area contributed by atoms with Crippen LogP contribution in [0, 0.1) is 0 Å². The summed E-state index contributed by atoms with van der Waals surface area (Å²) < 4.78 is 11.7. The number of carbonyl (C=O) groups excluding carboxylic acids is 1. The van der Waals surface area contributed by atoms with E-state index in [-0.39, 0.29) is 5.97 Å². The largest absolute Gasteiger partial charge is 0.456 e. The quantitative estimate of drug-likeness (QED) is 0.641. The van der Waals surface area contributed by atoms with Gasteiger partial charge in [-0.1, -0.05) is 54.6 Å². The lowest BCUT2D eigenvalue weighted by molar-refractivity contribution is 0.0362. The molecule has 0 fully saturated rings. The second-order valence-corrected chi connectivity index (χ2v) is 5.33. The second-order valence-electron chi connectivity index (χ2n) is 5.33. The highest BCUT2D eigenvalue weighted by atomic mass is 16.5. The average molecular weight is 302 g/mol. The van der Waals surface area contributed by atoms with E-state index < -0.39 is 6.10 Å². The Morgan fingerprint density at radius 1 is 0.739 bits per heavy atom. The first-order valence-electron chi connectivity index (χ1n) is 7.44. The normalized spacial score (nSPS) is 12.7. The molecule has 0 unspecified atom stereocenters. The average Bonchev–Trinajstić information content (AvgIpc) is 2.62. The van der Waals surface area contributed by atoms with Crippen molar-refractivity contribution in [3.05, 3.63) is 95.6 Å². The molecule has 1 heterocycles. The highest BCUT2D eigenvalue weighted by molar-refractivity contribution is 5.89. The predicted molar refractivity (Wildman–Crippen MR) is 86.7 cm³/mol. The fourth-order valence-corrected chi connectivity index (χ4v) is 2.74. The topological polar surface area (TPSA) is 35.5 Å². The van der Waals surface area contributed by atoms with Crippen LogP contribution in [0.4, 0.5) is 0 Å². The van der Waals surface area contributed by atoms with Crippen molar-refractivity contribution in [1.82, 2.24) is 0 Å². The summed E-state index contributed by atoms with van der Waals surface area (Å²) in [6.45, 7) is 0. The number of benzene rings is 3. The van der Waals surface area contributed by atoms with Crippen LogP contribution in [0.5, 0.6) is 11.5 Å². The lowest BCUT2D eigenvalue weighted by Gasteiger charge is -2.27. The summed E-state index contributed by atoms with van der Waals surface area (Å²) in [6.07, 6.45) is -0.469. The van der Waals surface area contributed by atoms with Crippen LogP contribution in [-0.2, 0) is 4.74 Å². The van der Waals surface area contributed by atoms with Gasteiger partial charge in [-0.2, -0.15) is 0 Å². The van der Waals surface area contributed by atoms with Crippen LogP contribution in [0.2, 0.25) is 0 Å². The number of hydrogen-bond acceptors (Lipinski definition) is 3. The molecule has 1 aliphatic rings. The zero-order valence-corrected chi connectivity index (χ0v) is 12.3. The molecule has 0 atom stereocenters. The first-order chi connectivity index (χ1) is 11.3. The third kappa shape index (κ3) is 2.46. The van der Waals surface area contributed by atoms with Gasteiger partial charge in [-0.25, -0.2) is 4.79 Å². The lowest BCUT2D eigenvalue weighted by atomic mass is 9.97. The molecular formula is C20H14O3. The van der Waals surface area contributed by atoms with E-state index >= 15 is 0 Å². The summed E-state index contributed by atoms with van der Waals surface area (Å²) in [5, 5.41) is 0. The van der Waals surface area contributed by atoms with Gasteiger partial charge in [-0.3, -0.25) is 0 Å². The van der Waals surface area contributed by atoms with Gasteiger partial charge in [0, 0.05) is 11.1 Å². The van der Waals surface area contributed by atoms with Crippen molar-refractivity contribution in [1.29, 1.82) is 0 Å². The summed E-state index contributed by atoms with van der Waals surface area (Å²) in [4.78, 5) is 12.5. The van der Waals surface area contributed by atoms with Crippen molar-refractivity contribution < 1.29 is 14.3 Å². The molecule has 1 aliphatic heterocycles. The smallest absolute Gasteiger partial charge is 0.339 e. The minimum atomic E-state index is -0.469. The number of fused-ring (bicyclic) bond motifs is 2. The maximum absolute atomic E-state index is 12.5. The van der Waals surface area contributed by atoms with Crippen molar-refractivity contribution in [2.75, 3.05) is 0 Å². The molecule has 3 aromatic rings. The predicted octanol–water partition coefficient (Wildman–Crippen LogP) is 4.74. The molecule has 3 heteroatoms. The monoisotopic (exact) mass is 302 g/mol. The molecule has 3 aromatic carbocycles. The van der Waals surface area contributed by atoms with Gasteiger partial charge < -0.3 is 9.47 Å². The molecule has 0 bridgehead atoms. The molecule has 23 heavy (non-hydrogen) atoms. The van der Waals surface area contributed by atoms with Gasteiger partial charge >= 0.3 is 5.97 Å². The van der Waals surface area contributed by atoms with Crippen LogP contribution >= 0.6 is 0 Å². The molecule has 4 rings (SSSR count). The Bertz CT molecular complexity index is 810. The van der Waals surface area contributed by atoms with Gasteiger partial charge in [0.2, 0.25) is 0 Å². The summed E-state index contributed by atoms with van der Waals surface area (Å²) in [7, 11) is 0. The maximum Gasteiger partial charge on any atom is 0.339 e. The Balaban J connectivity index is 1.74. The molecule has 0 aliphatic carbocycles. The third-order valence-corrected chi connectivity index (χ3v) is 3.86. The van der Waals surface area contributed by atoms with E-state index in [0.29, 0.717) is 5.56 Å². The Morgan fingerprint density at radius 2 is 1.26 bits per heavy atom. The van der Waals surface area contributed by atoms with E-state index in [9.17, 15) is 4.79 Å². The highest BCUT2D eigenvalue weighted by Crippen LogP contribution is 2.44. The number of carbonyl (C=O) groups is 1. The minimum Gasteiger partial charge on any atom is -0.456 e. The Labute approximate surface area is 134 Å².